The van der Waals surface area contributed by atoms with E-state index in [-0.39, 0.29) is 0 Å². The van der Waals surface area contributed by atoms with Crippen LogP contribution < -0.4 is 5.73 Å². The van der Waals surface area contributed by atoms with Crippen LogP contribution in [-0.4, -0.2) is 19.5 Å². The Morgan fingerprint density at radius 3 is 2.81 bits per heavy atom. The number of para-hydroxylation sites is 1. The molecule has 1 aromatic carbocycles. The highest BCUT2D eigenvalue weighted by molar-refractivity contribution is 6.07. The van der Waals surface area contributed by atoms with Crippen molar-refractivity contribution in [1.29, 1.82) is 0 Å². The number of nitrogen functional groups attached to an aromatic ring is 1. The smallest absolute Gasteiger partial charge is 0.146 e. The molecule has 0 amide bonds. The number of rotatable bonds is 2. The van der Waals surface area contributed by atoms with Crippen LogP contribution >= 0.6 is 0 Å². The molecule has 1 aliphatic heterocycles. The minimum atomic E-state index is 0.412. The monoisotopic (exact) mass is 355 g/mol. The zero-order valence-corrected chi connectivity index (χ0v) is 15.5. The molecule has 0 saturated heterocycles. The third-order valence-corrected chi connectivity index (χ3v) is 5.36. The van der Waals surface area contributed by atoms with Gasteiger partial charge in [0, 0.05) is 29.3 Å². The van der Waals surface area contributed by atoms with Gasteiger partial charge in [-0.25, -0.2) is 9.97 Å². The van der Waals surface area contributed by atoms with Gasteiger partial charge in [-0.05, 0) is 30.0 Å². The summed E-state index contributed by atoms with van der Waals surface area (Å²) in [5.74, 6) is 0.933. The molecule has 0 saturated carbocycles. The van der Waals surface area contributed by atoms with Gasteiger partial charge in [-0.15, -0.1) is 0 Å². The van der Waals surface area contributed by atoms with Crippen LogP contribution in [-0.2, 0) is 6.54 Å². The quantitative estimate of drug-likeness (QED) is 0.567. The van der Waals surface area contributed by atoms with Crippen LogP contribution in [0.25, 0.3) is 38.6 Å². The highest BCUT2D eigenvalue weighted by atomic mass is 15.1. The maximum absolute atomic E-state index is 6.34. The fourth-order valence-electron chi connectivity index (χ4n) is 4.15. The average molecular weight is 355 g/mol. The zero-order chi connectivity index (χ0) is 18.5. The molecule has 5 rings (SSSR count). The van der Waals surface area contributed by atoms with Crippen molar-refractivity contribution < 1.29 is 0 Å². The molecular formula is C22H21N5. The van der Waals surface area contributed by atoms with Gasteiger partial charge in [0.2, 0.25) is 0 Å². The molecule has 3 aromatic heterocycles. The van der Waals surface area contributed by atoms with Crippen molar-refractivity contribution in [3.8, 4) is 11.1 Å². The molecule has 0 atom stereocenters. The van der Waals surface area contributed by atoms with E-state index in [0.717, 1.165) is 46.0 Å². The molecule has 134 valence electrons. The molecule has 0 spiro atoms. The van der Waals surface area contributed by atoms with Crippen LogP contribution in [0.15, 0.2) is 48.9 Å². The maximum Gasteiger partial charge on any atom is 0.146 e. The van der Waals surface area contributed by atoms with E-state index in [1.807, 2.05) is 24.4 Å². The Morgan fingerprint density at radius 2 is 1.96 bits per heavy atom. The fourth-order valence-corrected chi connectivity index (χ4v) is 4.15. The number of nitrogens with zero attached hydrogens (tertiary/aromatic N) is 4. The molecule has 0 aliphatic carbocycles. The number of benzene rings is 1. The summed E-state index contributed by atoms with van der Waals surface area (Å²) < 4.78 is 2.30. The van der Waals surface area contributed by atoms with Crippen molar-refractivity contribution in [2.24, 2.45) is 5.92 Å². The normalized spacial score (nSPS) is 14.0. The van der Waals surface area contributed by atoms with E-state index >= 15 is 0 Å². The summed E-state index contributed by atoms with van der Waals surface area (Å²) in [7, 11) is 0. The van der Waals surface area contributed by atoms with Gasteiger partial charge in [-0.1, -0.05) is 38.1 Å². The second-order valence-electron chi connectivity index (χ2n) is 7.35. The van der Waals surface area contributed by atoms with Gasteiger partial charge in [0.15, 0.2) is 0 Å². The molecule has 0 fully saturated rings. The van der Waals surface area contributed by atoms with Crippen molar-refractivity contribution in [3.05, 3.63) is 54.6 Å². The van der Waals surface area contributed by atoms with Crippen molar-refractivity contribution in [2.45, 2.75) is 26.8 Å². The summed E-state index contributed by atoms with van der Waals surface area (Å²) >= 11 is 0. The summed E-state index contributed by atoms with van der Waals surface area (Å²) in [6.45, 7) is 5.37. The Bertz CT molecular complexity index is 1220. The molecule has 0 radical (unpaired) electrons. The summed E-state index contributed by atoms with van der Waals surface area (Å²) in [6, 6.07) is 10.4. The number of hydrogen-bond donors (Lipinski definition) is 1. The van der Waals surface area contributed by atoms with E-state index < -0.39 is 0 Å². The number of allylic oxidation sites excluding steroid dienone is 2. The molecule has 4 aromatic rings. The number of hydrogen-bond acceptors (Lipinski definition) is 4. The van der Waals surface area contributed by atoms with E-state index in [1.54, 1.807) is 6.33 Å². The standard InChI is InChI=1S/C22H21N5/c1-13(2)16-7-5-9-27-20(16)18(19-21(23)25-12-26-22(19)27)15-10-14-6-3-4-8-17(14)24-11-15/h3-4,6-8,10-13H,5,9H2,1-2H3,(H2,23,25,26). The second kappa shape index (κ2) is 5.91. The highest BCUT2D eigenvalue weighted by Gasteiger charge is 2.27. The fraction of sp³-hybridized carbons (Fsp3) is 0.227. The molecule has 1 aliphatic rings. The Kier molecular flexibility index (Phi) is 3.50. The van der Waals surface area contributed by atoms with Crippen LogP contribution in [0.2, 0.25) is 0 Å². The predicted molar refractivity (Wildman–Crippen MR) is 110 cm³/mol. The minimum Gasteiger partial charge on any atom is -0.383 e. The second-order valence-corrected chi connectivity index (χ2v) is 7.35. The topological polar surface area (TPSA) is 69.6 Å². The largest absolute Gasteiger partial charge is 0.383 e. The van der Waals surface area contributed by atoms with Gasteiger partial charge in [-0.3, -0.25) is 4.98 Å². The first-order valence-electron chi connectivity index (χ1n) is 9.33. The van der Waals surface area contributed by atoms with Gasteiger partial charge in [0.25, 0.3) is 0 Å². The molecule has 5 heteroatoms. The van der Waals surface area contributed by atoms with Crippen LogP contribution in [0.3, 0.4) is 0 Å². The van der Waals surface area contributed by atoms with E-state index in [0.29, 0.717) is 11.7 Å². The third kappa shape index (κ3) is 2.35. The lowest BCUT2D eigenvalue weighted by atomic mass is 9.91. The Labute approximate surface area is 157 Å². The van der Waals surface area contributed by atoms with Gasteiger partial charge < -0.3 is 10.3 Å². The average Bonchev–Trinajstić information content (AvgIpc) is 3.03. The number of aryl methyl sites for hydroxylation is 1. The van der Waals surface area contributed by atoms with Crippen molar-refractivity contribution in [1.82, 2.24) is 19.5 Å². The SMILES string of the molecule is CC(C)C1=CCCn2c1c(-c1cnc3ccccc3c1)c1c(N)ncnc12. The van der Waals surface area contributed by atoms with Crippen molar-refractivity contribution in [3.63, 3.8) is 0 Å². The Hall–Kier alpha value is -3.21. The molecule has 4 heterocycles. The minimum absolute atomic E-state index is 0.412. The summed E-state index contributed by atoms with van der Waals surface area (Å²) in [4.78, 5) is 13.5. The van der Waals surface area contributed by atoms with Gasteiger partial charge in [0.1, 0.15) is 17.8 Å². The predicted octanol–water partition coefficient (Wildman–Crippen LogP) is 4.67. The first-order valence-corrected chi connectivity index (χ1v) is 9.33. The summed E-state index contributed by atoms with van der Waals surface area (Å²) in [5, 5.41) is 2.04. The number of aromatic nitrogens is 4. The Balaban J connectivity index is 1.91. The summed E-state index contributed by atoms with van der Waals surface area (Å²) in [5.41, 5.74) is 12.9. The lowest BCUT2D eigenvalue weighted by Crippen LogP contribution is -2.11. The van der Waals surface area contributed by atoms with E-state index in [9.17, 15) is 0 Å². The van der Waals surface area contributed by atoms with Gasteiger partial charge >= 0.3 is 0 Å². The lowest BCUT2D eigenvalue weighted by Gasteiger charge is -2.21. The lowest BCUT2D eigenvalue weighted by molar-refractivity contribution is 0.685. The summed E-state index contributed by atoms with van der Waals surface area (Å²) in [6.07, 6.45) is 6.85. The number of anilines is 1. The van der Waals surface area contributed by atoms with Crippen molar-refractivity contribution in [2.75, 3.05) is 5.73 Å². The van der Waals surface area contributed by atoms with E-state index in [4.69, 9.17) is 5.73 Å². The first kappa shape index (κ1) is 16.0. The molecule has 0 bridgehead atoms. The highest BCUT2D eigenvalue weighted by Crippen LogP contribution is 2.43. The maximum atomic E-state index is 6.34. The van der Waals surface area contributed by atoms with Crippen LogP contribution in [0.4, 0.5) is 5.82 Å². The molecule has 0 unspecified atom stereocenters. The molecular weight excluding hydrogens is 334 g/mol. The van der Waals surface area contributed by atoms with Crippen LogP contribution in [0.1, 0.15) is 26.0 Å². The van der Waals surface area contributed by atoms with Gasteiger partial charge in [0.05, 0.1) is 16.6 Å². The van der Waals surface area contributed by atoms with Crippen molar-refractivity contribution >= 4 is 33.3 Å². The van der Waals surface area contributed by atoms with Crippen LogP contribution in [0.5, 0.6) is 0 Å². The first-order chi connectivity index (χ1) is 13.1. The molecule has 2 N–H and O–H groups in total. The van der Waals surface area contributed by atoms with E-state index in [2.05, 4.69) is 51.6 Å². The number of nitrogens with two attached hydrogens (primary N) is 1. The number of fused-ring (bicyclic) bond motifs is 4. The molecule has 5 nitrogen and oxygen atoms in total. The molecule has 27 heavy (non-hydrogen) atoms. The van der Waals surface area contributed by atoms with E-state index in [1.165, 1.54) is 11.3 Å². The number of pyridine rings is 1. The third-order valence-electron chi connectivity index (χ3n) is 5.36. The Morgan fingerprint density at radius 1 is 1.11 bits per heavy atom. The van der Waals surface area contributed by atoms with Gasteiger partial charge in [-0.2, -0.15) is 0 Å². The zero-order valence-electron chi connectivity index (χ0n) is 15.5. The van der Waals surface area contributed by atoms with Crippen LogP contribution in [0, 0.1) is 5.92 Å².